The molecule has 0 radical (unpaired) electrons. The average Bonchev–Trinajstić information content (AvgIpc) is 3.00. The lowest BCUT2D eigenvalue weighted by atomic mass is 10.3. The predicted molar refractivity (Wildman–Crippen MR) is 81.5 cm³/mol. The molecule has 0 atom stereocenters. The van der Waals surface area contributed by atoms with E-state index >= 15 is 0 Å². The zero-order valence-electron chi connectivity index (χ0n) is 12.2. The van der Waals surface area contributed by atoms with E-state index in [-0.39, 0.29) is 12.3 Å². The minimum atomic E-state index is -0.140. The maximum atomic E-state index is 12.0. The Morgan fingerprint density at radius 3 is 2.91 bits per heavy atom. The van der Waals surface area contributed by atoms with Crippen LogP contribution in [-0.2, 0) is 24.8 Å². The molecule has 0 fully saturated rings. The Morgan fingerprint density at radius 1 is 1.36 bits per heavy atom. The largest absolute Gasteiger partial charge is 0.348 e. The van der Waals surface area contributed by atoms with Crippen molar-refractivity contribution in [2.75, 3.05) is 0 Å². The van der Waals surface area contributed by atoms with Crippen LogP contribution in [0.2, 0.25) is 5.15 Å². The molecule has 3 heterocycles. The highest BCUT2D eigenvalue weighted by Gasteiger charge is 2.10. The lowest BCUT2D eigenvalue weighted by molar-refractivity contribution is -0.120. The first-order chi connectivity index (χ1) is 10.5. The molecule has 3 aromatic rings. The fourth-order valence-electron chi connectivity index (χ4n) is 2.16. The highest BCUT2D eigenvalue weighted by atomic mass is 35.5. The number of aryl methyl sites for hydroxylation is 2. The molecule has 0 aliphatic heterocycles. The van der Waals surface area contributed by atoms with Crippen molar-refractivity contribution >= 4 is 23.2 Å². The second-order valence-corrected chi connectivity index (χ2v) is 5.47. The van der Waals surface area contributed by atoms with Gasteiger partial charge in [-0.2, -0.15) is 5.10 Å². The van der Waals surface area contributed by atoms with Crippen molar-refractivity contribution in [1.29, 1.82) is 0 Å². The number of rotatable bonds is 4. The van der Waals surface area contributed by atoms with E-state index in [1.807, 2.05) is 29.7 Å². The van der Waals surface area contributed by atoms with Crippen LogP contribution < -0.4 is 5.32 Å². The molecule has 3 aromatic heterocycles. The minimum Gasteiger partial charge on any atom is -0.348 e. The number of hydrogen-bond acceptors (Lipinski definition) is 4. The van der Waals surface area contributed by atoms with Gasteiger partial charge in [-0.25, -0.2) is 0 Å². The topological polar surface area (TPSA) is 77.1 Å². The summed E-state index contributed by atoms with van der Waals surface area (Å²) in [5.41, 5.74) is 2.49. The Kier molecular flexibility index (Phi) is 3.81. The van der Waals surface area contributed by atoms with E-state index in [1.54, 1.807) is 13.1 Å². The Hall–Kier alpha value is -2.41. The lowest BCUT2D eigenvalue weighted by Gasteiger charge is -2.03. The SMILES string of the molecule is Cc1ccc2nnc(CNC(=O)Cc3cc(Cl)n(C)n3)n2c1. The summed E-state index contributed by atoms with van der Waals surface area (Å²) >= 11 is 5.90. The third kappa shape index (κ3) is 2.94. The molecule has 1 N–H and O–H groups in total. The summed E-state index contributed by atoms with van der Waals surface area (Å²) in [5.74, 6) is 0.547. The Labute approximate surface area is 131 Å². The van der Waals surface area contributed by atoms with Crippen molar-refractivity contribution in [3.05, 3.63) is 46.6 Å². The van der Waals surface area contributed by atoms with Gasteiger partial charge in [-0.15, -0.1) is 10.2 Å². The van der Waals surface area contributed by atoms with Gasteiger partial charge >= 0.3 is 0 Å². The lowest BCUT2D eigenvalue weighted by Crippen LogP contribution is -2.25. The monoisotopic (exact) mass is 318 g/mol. The van der Waals surface area contributed by atoms with Gasteiger partial charge in [0.1, 0.15) is 5.15 Å². The summed E-state index contributed by atoms with van der Waals surface area (Å²) < 4.78 is 3.40. The van der Waals surface area contributed by atoms with Crippen molar-refractivity contribution in [1.82, 2.24) is 29.7 Å². The van der Waals surface area contributed by atoms with E-state index in [9.17, 15) is 4.79 Å². The molecule has 0 bridgehead atoms. The van der Waals surface area contributed by atoms with E-state index in [2.05, 4.69) is 20.6 Å². The van der Waals surface area contributed by atoms with Crippen molar-refractivity contribution in [2.45, 2.75) is 19.9 Å². The summed E-state index contributed by atoms with van der Waals surface area (Å²) in [6, 6.07) is 5.54. The van der Waals surface area contributed by atoms with Gasteiger partial charge in [0.05, 0.1) is 18.7 Å². The van der Waals surface area contributed by atoms with Gasteiger partial charge in [-0.1, -0.05) is 17.7 Å². The Balaban J connectivity index is 1.66. The highest BCUT2D eigenvalue weighted by Crippen LogP contribution is 2.10. The van der Waals surface area contributed by atoms with Gasteiger partial charge < -0.3 is 5.32 Å². The maximum Gasteiger partial charge on any atom is 0.226 e. The fourth-order valence-corrected chi connectivity index (χ4v) is 2.32. The van der Waals surface area contributed by atoms with E-state index in [0.717, 1.165) is 11.2 Å². The summed E-state index contributed by atoms with van der Waals surface area (Å²) in [7, 11) is 1.73. The van der Waals surface area contributed by atoms with Crippen LogP contribution in [0.4, 0.5) is 0 Å². The van der Waals surface area contributed by atoms with Crippen LogP contribution in [0, 0.1) is 6.92 Å². The first-order valence-corrected chi connectivity index (χ1v) is 7.16. The molecule has 0 spiro atoms. The van der Waals surface area contributed by atoms with Gasteiger partial charge in [0.15, 0.2) is 11.5 Å². The van der Waals surface area contributed by atoms with Crippen molar-refractivity contribution in [2.24, 2.45) is 7.05 Å². The van der Waals surface area contributed by atoms with E-state index in [1.165, 1.54) is 4.68 Å². The van der Waals surface area contributed by atoms with Gasteiger partial charge in [-0.3, -0.25) is 13.9 Å². The molecule has 0 aliphatic rings. The van der Waals surface area contributed by atoms with Crippen LogP contribution in [0.5, 0.6) is 0 Å². The van der Waals surface area contributed by atoms with E-state index in [0.29, 0.717) is 23.2 Å². The Morgan fingerprint density at radius 2 is 2.18 bits per heavy atom. The van der Waals surface area contributed by atoms with E-state index < -0.39 is 0 Å². The predicted octanol–water partition coefficient (Wildman–Crippen LogP) is 1.28. The van der Waals surface area contributed by atoms with Gasteiger partial charge in [-0.05, 0) is 24.6 Å². The van der Waals surface area contributed by atoms with Crippen LogP contribution in [0.25, 0.3) is 5.65 Å². The molecule has 0 aliphatic carbocycles. The first-order valence-electron chi connectivity index (χ1n) is 6.78. The molecule has 114 valence electrons. The molecular formula is C14H15ClN6O. The second kappa shape index (κ2) is 5.76. The molecule has 3 rings (SSSR count). The smallest absolute Gasteiger partial charge is 0.226 e. The first kappa shape index (κ1) is 14.5. The van der Waals surface area contributed by atoms with Gasteiger partial charge in [0.25, 0.3) is 0 Å². The number of carbonyl (C=O) groups excluding carboxylic acids is 1. The summed E-state index contributed by atoms with van der Waals surface area (Å²) in [6.45, 7) is 2.30. The summed E-state index contributed by atoms with van der Waals surface area (Å²) in [6.07, 6.45) is 2.12. The normalized spacial score (nSPS) is 11.0. The molecule has 0 saturated carbocycles. The third-order valence-electron chi connectivity index (χ3n) is 3.28. The molecule has 8 heteroatoms. The van der Waals surface area contributed by atoms with Crippen LogP contribution in [0.1, 0.15) is 17.1 Å². The zero-order valence-corrected chi connectivity index (χ0v) is 13.0. The van der Waals surface area contributed by atoms with Crippen LogP contribution >= 0.6 is 11.6 Å². The number of fused-ring (bicyclic) bond motifs is 1. The van der Waals surface area contributed by atoms with Crippen molar-refractivity contribution < 1.29 is 4.79 Å². The molecule has 0 aromatic carbocycles. The summed E-state index contributed by atoms with van der Waals surface area (Å²) in [5, 5.41) is 15.6. The molecule has 7 nitrogen and oxygen atoms in total. The van der Waals surface area contributed by atoms with Gasteiger partial charge in [0.2, 0.25) is 5.91 Å². The van der Waals surface area contributed by atoms with Crippen LogP contribution in [0.15, 0.2) is 24.4 Å². The number of carbonyl (C=O) groups is 1. The number of halogens is 1. The van der Waals surface area contributed by atoms with E-state index in [4.69, 9.17) is 11.6 Å². The molecule has 0 unspecified atom stereocenters. The van der Waals surface area contributed by atoms with Crippen molar-refractivity contribution in [3.63, 3.8) is 0 Å². The standard InChI is InChI=1S/C14H15ClN6O/c1-9-3-4-12-17-18-13(21(12)8-9)7-16-14(22)6-10-5-11(15)20(2)19-10/h3-5,8H,6-7H2,1-2H3,(H,16,22). The molecule has 0 saturated heterocycles. The second-order valence-electron chi connectivity index (χ2n) is 5.09. The number of nitrogens with zero attached hydrogens (tertiary/aromatic N) is 5. The van der Waals surface area contributed by atoms with Crippen molar-refractivity contribution in [3.8, 4) is 0 Å². The molecule has 22 heavy (non-hydrogen) atoms. The fraction of sp³-hybridized carbons (Fsp3) is 0.286. The zero-order chi connectivity index (χ0) is 15.7. The quantitative estimate of drug-likeness (QED) is 0.786. The number of hydrogen-bond donors (Lipinski definition) is 1. The third-order valence-corrected chi connectivity index (χ3v) is 3.63. The minimum absolute atomic E-state index is 0.140. The number of nitrogens with one attached hydrogen (secondary N) is 1. The Bertz CT molecular complexity index is 818. The average molecular weight is 319 g/mol. The van der Waals surface area contributed by atoms with Crippen LogP contribution in [-0.4, -0.2) is 30.3 Å². The maximum absolute atomic E-state index is 12.0. The molecular weight excluding hydrogens is 304 g/mol. The molecule has 1 amide bonds. The van der Waals surface area contributed by atoms with Crippen LogP contribution in [0.3, 0.4) is 0 Å². The van der Waals surface area contributed by atoms with Gasteiger partial charge in [0, 0.05) is 13.2 Å². The highest BCUT2D eigenvalue weighted by molar-refractivity contribution is 6.29. The number of aromatic nitrogens is 5. The number of amides is 1. The summed E-state index contributed by atoms with van der Waals surface area (Å²) in [4.78, 5) is 12.0. The number of pyridine rings is 1.